The minimum absolute atomic E-state index is 0.191. The van der Waals surface area contributed by atoms with Crippen LogP contribution < -0.4 is 5.32 Å². The highest BCUT2D eigenvalue weighted by atomic mass is 19.1. The van der Waals surface area contributed by atoms with Crippen LogP contribution in [0.4, 0.5) is 10.1 Å². The zero-order valence-corrected chi connectivity index (χ0v) is 11.7. The van der Waals surface area contributed by atoms with Crippen molar-refractivity contribution in [3.63, 3.8) is 0 Å². The van der Waals surface area contributed by atoms with Crippen LogP contribution in [-0.2, 0) is 4.79 Å². The zero-order chi connectivity index (χ0) is 14.6. The molecule has 4 heteroatoms. The molecule has 0 saturated heterocycles. The van der Waals surface area contributed by atoms with Crippen LogP contribution in [0.2, 0.25) is 0 Å². The molecule has 0 unspecified atom stereocenters. The predicted molar refractivity (Wildman–Crippen MR) is 75.5 cm³/mol. The molecule has 1 aliphatic carbocycles. The molecule has 1 aromatic rings. The number of hydrogen-bond donors (Lipinski definition) is 1. The summed E-state index contributed by atoms with van der Waals surface area (Å²) >= 11 is 0. The van der Waals surface area contributed by atoms with Gasteiger partial charge in [0.1, 0.15) is 11.2 Å². The number of amides is 1. The van der Waals surface area contributed by atoms with Gasteiger partial charge in [-0.1, -0.05) is 37.8 Å². The third-order valence-corrected chi connectivity index (χ3v) is 4.07. The summed E-state index contributed by atoms with van der Waals surface area (Å²) < 4.78 is 13.8. The summed E-state index contributed by atoms with van der Waals surface area (Å²) in [4.78, 5) is 12.5. The molecule has 0 radical (unpaired) electrons. The lowest BCUT2D eigenvalue weighted by Gasteiger charge is -2.24. The van der Waals surface area contributed by atoms with Gasteiger partial charge in [0.15, 0.2) is 0 Å². The number of carbonyl (C=O) groups excluding carboxylic acids is 1. The number of para-hydroxylation sites is 1. The van der Waals surface area contributed by atoms with Gasteiger partial charge in [-0.2, -0.15) is 5.26 Å². The van der Waals surface area contributed by atoms with Gasteiger partial charge in [-0.05, 0) is 31.4 Å². The van der Waals surface area contributed by atoms with E-state index < -0.39 is 11.2 Å². The number of nitrogens with zero attached hydrogens (tertiary/aromatic N) is 1. The largest absolute Gasteiger partial charge is 0.322 e. The first kappa shape index (κ1) is 14.5. The number of aryl methyl sites for hydroxylation is 1. The average Bonchev–Trinajstić information content (AvgIpc) is 2.69. The van der Waals surface area contributed by atoms with E-state index in [1.54, 1.807) is 19.1 Å². The fourth-order valence-corrected chi connectivity index (χ4v) is 2.75. The molecule has 1 aromatic carbocycles. The van der Waals surface area contributed by atoms with Crippen molar-refractivity contribution in [3.05, 3.63) is 29.6 Å². The van der Waals surface area contributed by atoms with Gasteiger partial charge in [0.2, 0.25) is 5.91 Å². The van der Waals surface area contributed by atoms with Crippen LogP contribution >= 0.6 is 0 Å². The Morgan fingerprint density at radius 3 is 2.50 bits per heavy atom. The van der Waals surface area contributed by atoms with Crippen molar-refractivity contribution < 1.29 is 9.18 Å². The highest BCUT2D eigenvalue weighted by molar-refractivity contribution is 5.97. The van der Waals surface area contributed by atoms with E-state index in [4.69, 9.17) is 0 Å². The Labute approximate surface area is 118 Å². The van der Waals surface area contributed by atoms with Crippen molar-refractivity contribution in [1.82, 2.24) is 0 Å². The van der Waals surface area contributed by atoms with Crippen molar-refractivity contribution in [2.24, 2.45) is 5.41 Å². The van der Waals surface area contributed by atoms with Gasteiger partial charge in [-0.15, -0.1) is 0 Å². The van der Waals surface area contributed by atoms with E-state index in [0.717, 1.165) is 25.7 Å². The van der Waals surface area contributed by atoms with E-state index in [1.807, 2.05) is 0 Å². The SMILES string of the molecule is Cc1cccc(F)c1NC(=O)C1(C#N)CCCCCC1. The lowest BCUT2D eigenvalue weighted by Crippen LogP contribution is -2.35. The minimum atomic E-state index is -1.01. The summed E-state index contributed by atoms with van der Waals surface area (Å²) in [5, 5.41) is 12.1. The fraction of sp³-hybridized carbons (Fsp3) is 0.500. The highest BCUT2D eigenvalue weighted by Gasteiger charge is 2.39. The summed E-state index contributed by atoms with van der Waals surface area (Å²) in [5.74, 6) is -0.824. The number of hydrogen-bond acceptors (Lipinski definition) is 2. The van der Waals surface area contributed by atoms with E-state index in [2.05, 4.69) is 11.4 Å². The molecule has 0 aliphatic heterocycles. The van der Waals surface area contributed by atoms with E-state index in [1.165, 1.54) is 6.07 Å². The molecule has 1 aliphatic rings. The summed E-state index contributed by atoms with van der Waals surface area (Å²) in [5.41, 5.74) is -0.151. The Bertz CT molecular complexity index is 520. The Morgan fingerprint density at radius 1 is 1.30 bits per heavy atom. The van der Waals surface area contributed by atoms with Crippen LogP contribution in [0.25, 0.3) is 0 Å². The second-order valence-corrected chi connectivity index (χ2v) is 5.49. The molecule has 1 N–H and O–H groups in total. The average molecular weight is 274 g/mol. The molecule has 1 saturated carbocycles. The van der Waals surface area contributed by atoms with Crippen molar-refractivity contribution in [2.75, 3.05) is 5.32 Å². The molecule has 0 spiro atoms. The molecule has 0 atom stereocenters. The monoisotopic (exact) mass is 274 g/mol. The number of carbonyl (C=O) groups is 1. The lowest BCUT2D eigenvalue weighted by atomic mass is 9.81. The maximum Gasteiger partial charge on any atom is 0.244 e. The Kier molecular flexibility index (Phi) is 4.39. The summed E-state index contributed by atoms with van der Waals surface area (Å²) in [7, 11) is 0. The van der Waals surface area contributed by atoms with E-state index in [9.17, 15) is 14.4 Å². The highest BCUT2D eigenvalue weighted by Crippen LogP contribution is 2.36. The van der Waals surface area contributed by atoms with Crippen molar-refractivity contribution in [1.29, 1.82) is 5.26 Å². The van der Waals surface area contributed by atoms with Crippen LogP contribution in [0.5, 0.6) is 0 Å². The second kappa shape index (κ2) is 6.04. The molecule has 1 amide bonds. The predicted octanol–water partition coefficient (Wildman–Crippen LogP) is 3.94. The number of rotatable bonds is 2. The fourth-order valence-electron chi connectivity index (χ4n) is 2.75. The van der Waals surface area contributed by atoms with Crippen LogP contribution in [0.3, 0.4) is 0 Å². The Hall–Kier alpha value is -1.89. The first-order valence-electron chi connectivity index (χ1n) is 7.07. The second-order valence-electron chi connectivity index (χ2n) is 5.49. The number of nitrogens with one attached hydrogen (secondary N) is 1. The van der Waals surface area contributed by atoms with Gasteiger partial charge in [-0.25, -0.2) is 4.39 Å². The number of anilines is 1. The van der Waals surface area contributed by atoms with Crippen LogP contribution in [0, 0.1) is 29.5 Å². The minimum Gasteiger partial charge on any atom is -0.322 e. The summed E-state index contributed by atoms with van der Waals surface area (Å²) in [6.45, 7) is 1.74. The topological polar surface area (TPSA) is 52.9 Å². The molecule has 3 nitrogen and oxygen atoms in total. The van der Waals surface area contributed by atoms with Crippen LogP contribution in [0.15, 0.2) is 18.2 Å². The van der Waals surface area contributed by atoms with Crippen molar-refractivity contribution >= 4 is 11.6 Å². The first-order valence-corrected chi connectivity index (χ1v) is 7.07. The maximum atomic E-state index is 13.8. The van der Waals surface area contributed by atoms with Crippen molar-refractivity contribution in [2.45, 2.75) is 45.4 Å². The smallest absolute Gasteiger partial charge is 0.244 e. The standard InChI is InChI=1S/C16H19FN2O/c1-12-7-6-8-13(17)14(12)19-15(20)16(11-18)9-4-2-3-5-10-16/h6-8H,2-5,9-10H2,1H3,(H,19,20). The third kappa shape index (κ3) is 2.82. The number of nitriles is 1. The summed E-state index contributed by atoms with van der Waals surface area (Å²) in [6.07, 6.45) is 4.96. The summed E-state index contributed by atoms with van der Waals surface area (Å²) in [6, 6.07) is 6.84. The maximum absolute atomic E-state index is 13.8. The van der Waals surface area contributed by atoms with Crippen LogP contribution in [-0.4, -0.2) is 5.91 Å². The molecule has 0 aromatic heterocycles. The van der Waals surface area contributed by atoms with Gasteiger partial charge in [0.25, 0.3) is 0 Å². The van der Waals surface area contributed by atoms with Crippen LogP contribution in [0.1, 0.15) is 44.1 Å². The molecule has 0 bridgehead atoms. The Balaban J connectivity index is 2.24. The van der Waals surface area contributed by atoms with E-state index in [0.29, 0.717) is 18.4 Å². The number of halogens is 1. The quantitative estimate of drug-likeness (QED) is 0.830. The van der Waals surface area contributed by atoms with Crippen molar-refractivity contribution in [3.8, 4) is 6.07 Å². The van der Waals surface area contributed by atoms with Gasteiger partial charge in [0.05, 0.1) is 11.8 Å². The number of benzene rings is 1. The molecule has 1 fully saturated rings. The zero-order valence-electron chi connectivity index (χ0n) is 11.7. The van der Waals surface area contributed by atoms with E-state index in [-0.39, 0.29) is 11.6 Å². The van der Waals surface area contributed by atoms with Gasteiger partial charge < -0.3 is 5.32 Å². The third-order valence-electron chi connectivity index (χ3n) is 4.07. The van der Waals surface area contributed by atoms with E-state index >= 15 is 0 Å². The molecule has 20 heavy (non-hydrogen) atoms. The normalized spacial score (nSPS) is 17.9. The molecule has 106 valence electrons. The van der Waals surface area contributed by atoms with Gasteiger partial charge in [0, 0.05) is 0 Å². The molecule has 2 rings (SSSR count). The molecular weight excluding hydrogens is 255 g/mol. The molecular formula is C16H19FN2O. The Morgan fingerprint density at radius 2 is 1.95 bits per heavy atom. The van der Waals surface area contributed by atoms with Gasteiger partial charge >= 0.3 is 0 Å². The lowest BCUT2D eigenvalue weighted by molar-refractivity contribution is -0.123. The van der Waals surface area contributed by atoms with Gasteiger partial charge in [-0.3, -0.25) is 4.79 Å². The molecule has 0 heterocycles. The first-order chi connectivity index (χ1) is 9.59.